The van der Waals surface area contributed by atoms with Gasteiger partial charge in [0.05, 0.1) is 11.1 Å². The van der Waals surface area contributed by atoms with Gasteiger partial charge in [0.1, 0.15) is 23.2 Å². The normalized spacial score (nSPS) is 18.1. The van der Waals surface area contributed by atoms with E-state index in [0.717, 1.165) is 28.5 Å². The Balaban J connectivity index is 1.61. The molecule has 2 aromatic heterocycles. The molecule has 2 aliphatic rings. The monoisotopic (exact) mass is 543 g/mol. The van der Waals surface area contributed by atoms with E-state index in [1.165, 1.54) is 0 Å². The Bertz CT molecular complexity index is 1560. The Labute approximate surface area is 234 Å². The van der Waals surface area contributed by atoms with Crippen molar-refractivity contribution in [3.05, 3.63) is 53.2 Å². The van der Waals surface area contributed by atoms with Gasteiger partial charge >= 0.3 is 0 Å². The first-order chi connectivity index (χ1) is 18.7. The molecule has 2 N–H and O–H groups in total. The fourth-order valence-electron chi connectivity index (χ4n) is 6.19. The largest absolute Gasteiger partial charge is 0.364 e. The zero-order chi connectivity index (χ0) is 29.1. The molecule has 0 saturated carbocycles. The van der Waals surface area contributed by atoms with Crippen molar-refractivity contribution in [2.24, 2.45) is 5.41 Å². The van der Waals surface area contributed by atoms with E-state index in [1.807, 2.05) is 12.1 Å². The highest BCUT2D eigenvalue weighted by molar-refractivity contribution is 6.23. The number of amides is 4. The van der Waals surface area contributed by atoms with Crippen LogP contribution in [0.5, 0.6) is 0 Å². The maximum absolute atomic E-state index is 13.5. The summed E-state index contributed by atoms with van der Waals surface area (Å²) in [5.41, 5.74) is 3.52. The van der Waals surface area contributed by atoms with Crippen molar-refractivity contribution in [1.82, 2.24) is 19.6 Å². The number of imide groups is 2. The molecule has 1 aromatic carbocycles. The number of imidazole rings is 1. The van der Waals surface area contributed by atoms with Crippen molar-refractivity contribution < 1.29 is 19.2 Å². The number of hydrogen-bond acceptors (Lipinski definition) is 6. The lowest BCUT2D eigenvalue weighted by Gasteiger charge is -2.34. The fourth-order valence-corrected chi connectivity index (χ4v) is 6.19. The summed E-state index contributed by atoms with van der Waals surface area (Å²) < 4.78 is 2.14. The van der Waals surface area contributed by atoms with Gasteiger partial charge < -0.3 is 5.32 Å². The van der Waals surface area contributed by atoms with Gasteiger partial charge in [0, 0.05) is 23.2 Å². The molecule has 3 aromatic rings. The van der Waals surface area contributed by atoms with Gasteiger partial charge in [-0.05, 0) is 62.3 Å². The third-order valence-corrected chi connectivity index (χ3v) is 7.41. The number of pyridine rings is 1. The lowest BCUT2D eigenvalue weighted by Crippen LogP contribution is -2.54. The van der Waals surface area contributed by atoms with E-state index in [2.05, 4.69) is 69.6 Å². The van der Waals surface area contributed by atoms with E-state index in [1.54, 1.807) is 18.2 Å². The lowest BCUT2D eigenvalue weighted by atomic mass is 9.82. The van der Waals surface area contributed by atoms with Crippen LogP contribution in [0.15, 0.2) is 36.4 Å². The molecule has 40 heavy (non-hydrogen) atoms. The van der Waals surface area contributed by atoms with Gasteiger partial charge in [-0.2, -0.15) is 0 Å². The number of anilines is 1. The van der Waals surface area contributed by atoms with Gasteiger partial charge in [-0.1, -0.05) is 46.8 Å². The van der Waals surface area contributed by atoms with Crippen LogP contribution in [0.3, 0.4) is 0 Å². The zero-order valence-electron chi connectivity index (χ0n) is 24.2. The maximum Gasteiger partial charge on any atom is 0.262 e. The van der Waals surface area contributed by atoms with Gasteiger partial charge in [0.25, 0.3) is 11.8 Å². The third kappa shape index (κ3) is 4.89. The van der Waals surface area contributed by atoms with E-state index < -0.39 is 29.7 Å². The molecule has 210 valence electrons. The number of carbonyl (C=O) groups excluding carboxylic acids is 4. The highest BCUT2D eigenvalue weighted by atomic mass is 16.2. The number of piperidine rings is 1. The summed E-state index contributed by atoms with van der Waals surface area (Å²) in [7, 11) is 0. The molecule has 2 aliphatic heterocycles. The smallest absolute Gasteiger partial charge is 0.262 e. The molecule has 1 atom stereocenters. The molecule has 5 rings (SSSR count). The summed E-state index contributed by atoms with van der Waals surface area (Å²) in [4.78, 5) is 56.8. The molecule has 1 saturated heterocycles. The van der Waals surface area contributed by atoms with Crippen LogP contribution in [0, 0.1) is 5.41 Å². The van der Waals surface area contributed by atoms with E-state index in [9.17, 15) is 19.2 Å². The molecule has 0 bridgehead atoms. The zero-order valence-corrected chi connectivity index (χ0v) is 24.2. The third-order valence-electron chi connectivity index (χ3n) is 7.41. The van der Waals surface area contributed by atoms with Crippen molar-refractivity contribution in [2.75, 3.05) is 5.32 Å². The molecular weight excluding hydrogens is 506 g/mol. The first-order valence-corrected chi connectivity index (χ1v) is 13.8. The Morgan fingerprint density at radius 2 is 1.70 bits per heavy atom. The molecule has 4 heterocycles. The average Bonchev–Trinajstić information content (AvgIpc) is 3.32. The Kier molecular flexibility index (Phi) is 6.59. The number of nitrogens with one attached hydrogen (secondary N) is 2. The first kappa shape index (κ1) is 27.6. The second-order valence-electron chi connectivity index (χ2n) is 13.1. The predicted octanol–water partition coefficient (Wildman–Crippen LogP) is 5.15. The van der Waals surface area contributed by atoms with Gasteiger partial charge in [-0.3, -0.25) is 33.8 Å². The van der Waals surface area contributed by atoms with Gasteiger partial charge in [0.2, 0.25) is 11.8 Å². The highest BCUT2D eigenvalue weighted by Crippen LogP contribution is 2.38. The van der Waals surface area contributed by atoms with Gasteiger partial charge in [-0.15, -0.1) is 0 Å². The number of aromatic nitrogens is 2. The van der Waals surface area contributed by atoms with Crippen molar-refractivity contribution in [1.29, 1.82) is 0 Å². The van der Waals surface area contributed by atoms with Crippen molar-refractivity contribution >= 4 is 35.1 Å². The van der Waals surface area contributed by atoms with Crippen LogP contribution in [0.1, 0.15) is 100 Å². The Hall–Kier alpha value is -4.01. The summed E-state index contributed by atoms with van der Waals surface area (Å²) in [6.45, 7) is 15.3. The van der Waals surface area contributed by atoms with Crippen LogP contribution < -0.4 is 10.6 Å². The predicted molar refractivity (Wildman–Crippen MR) is 153 cm³/mol. The summed E-state index contributed by atoms with van der Waals surface area (Å²) in [6, 6.07) is 10.2. The average molecular weight is 544 g/mol. The SMILES string of the molecule is CC(C)c1cccc2nc(-c3ccc4c(c3)C(=O)N(C3CCC(=O)NC3=O)C4=O)c(NC(C)(C)CC(C)(C)C)n12. The molecular formula is C31H37N5O4. The van der Waals surface area contributed by atoms with Crippen molar-refractivity contribution in [3.63, 3.8) is 0 Å². The quantitative estimate of drug-likeness (QED) is 0.416. The maximum atomic E-state index is 13.5. The summed E-state index contributed by atoms with van der Waals surface area (Å²) in [5.74, 6) is -1.03. The number of rotatable bonds is 6. The topological polar surface area (TPSA) is 113 Å². The molecule has 0 aliphatic carbocycles. The summed E-state index contributed by atoms with van der Waals surface area (Å²) in [6.07, 6.45) is 1.09. The van der Waals surface area contributed by atoms with Crippen molar-refractivity contribution in [3.8, 4) is 11.3 Å². The number of benzene rings is 1. The number of carbonyl (C=O) groups is 4. The van der Waals surface area contributed by atoms with Crippen LogP contribution >= 0.6 is 0 Å². The molecule has 0 radical (unpaired) electrons. The van der Waals surface area contributed by atoms with Gasteiger partial charge in [-0.25, -0.2) is 4.98 Å². The molecule has 4 amide bonds. The minimum Gasteiger partial charge on any atom is -0.364 e. The summed E-state index contributed by atoms with van der Waals surface area (Å²) >= 11 is 0. The van der Waals surface area contributed by atoms with Crippen LogP contribution in [0.25, 0.3) is 16.9 Å². The van der Waals surface area contributed by atoms with E-state index in [-0.39, 0.29) is 40.8 Å². The van der Waals surface area contributed by atoms with Crippen LogP contribution in [-0.2, 0) is 9.59 Å². The summed E-state index contributed by atoms with van der Waals surface area (Å²) in [5, 5.41) is 6.01. The Morgan fingerprint density at radius 1 is 1.00 bits per heavy atom. The fraction of sp³-hybridized carbons (Fsp3) is 0.452. The molecule has 9 nitrogen and oxygen atoms in total. The lowest BCUT2D eigenvalue weighted by molar-refractivity contribution is -0.136. The van der Waals surface area contributed by atoms with Gasteiger partial charge in [0.15, 0.2) is 0 Å². The Morgan fingerprint density at radius 3 is 2.35 bits per heavy atom. The number of hydrogen-bond donors (Lipinski definition) is 2. The first-order valence-electron chi connectivity index (χ1n) is 13.8. The van der Waals surface area contributed by atoms with E-state index in [0.29, 0.717) is 11.3 Å². The molecule has 0 spiro atoms. The molecule has 1 unspecified atom stereocenters. The minimum atomic E-state index is -1.01. The van der Waals surface area contributed by atoms with E-state index >= 15 is 0 Å². The highest BCUT2D eigenvalue weighted by Gasteiger charge is 2.44. The number of fused-ring (bicyclic) bond motifs is 2. The van der Waals surface area contributed by atoms with Crippen LogP contribution in [-0.4, -0.2) is 49.5 Å². The second-order valence-corrected chi connectivity index (χ2v) is 13.1. The van der Waals surface area contributed by atoms with Crippen LogP contribution in [0.2, 0.25) is 0 Å². The van der Waals surface area contributed by atoms with Crippen molar-refractivity contribution in [2.45, 2.75) is 85.2 Å². The molecule has 1 fully saturated rings. The van der Waals surface area contributed by atoms with Crippen LogP contribution in [0.4, 0.5) is 5.82 Å². The standard InChI is InChI=1S/C31H37N5O4/c1-17(2)21-9-8-10-23-32-25(26(35(21)23)34-31(6,7)16-30(3,4)5)18-11-12-19-20(15-18)29(40)36(28(19)39)22-13-14-24(37)33-27(22)38/h8-12,15,17,22,34H,13-14,16H2,1-7H3,(H,33,37,38). The number of nitrogens with zero attached hydrogens (tertiary/aromatic N) is 3. The second kappa shape index (κ2) is 9.57. The van der Waals surface area contributed by atoms with E-state index in [4.69, 9.17) is 4.98 Å². The molecule has 9 heteroatoms. The minimum absolute atomic E-state index is 0.0773.